The molecule has 3 aliphatic rings. The SMILES string of the molecule is COc1c(OCCCN2CCOCC2)ccc2c1N=CN1CCN=C21. The van der Waals surface area contributed by atoms with Crippen molar-refractivity contribution >= 4 is 17.9 Å². The highest BCUT2D eigenvalue weighted by atomic mass is 16.5. The molecule has 25 heavy (non-hydrogen) atoms. The topological polar surface area (TPSA) is 58.9 Å². The highest BCUT2D eigenvalue weighted by Crippen LogP contribution is 2.42. The van der Waals surface area contributed by atoms with E-state index in [1.807, 2.05) is 18.5 Å². The Morgan fingerprint density at radius 2 is 2.08 bits per heavy atom. The maximum absolute atomic E-state index is 5.99. The van der Waals surface area contributed by atoms with E-state index in [0.717, 1.165) is 75.2 Å². The summed E-state index contributed by atoms with van der Waals surface area (Å²) in [6.45, 7) is 7.06. The predicted octanol–water partition coefficient (Wildman–Crippen LogP) is 1.53. The van der Waals surface area contributed by atoms with E-state index in [1.165, 1.54) is 0 Å². The Morgan fingerprint density at radius 3 is 2.92 bits per heavy atom. The first-order chi connectivity index (χ1) is 12.4. The van der Waals surface area contributed by atoms with Gasteiger partial charge in [0, 0.05) is 31.7 Å². The lowest BCUT2D eigenvalue weighted by Crippen LogP contribution is -2.37. The summed E-state index contributed by atoms with van der Waals surface area (Å²) in [7, 11) is 1.66. The molecule has 0 saturated carbocycles. The van der Waals surface area contributed by atoms with Crippen molar-refractivity contribution in [1.29, 1.82) is 0 Å². The van der Waals surface area contributed by atoms with Gasteiger partial charge in [-0.3, -0.25) is 9.89 Å². The van der Waals surface area contributed by atoms with Crippen LogP contribution in [-0.2, 0) is 4.74 Å². The second-order valence-corrected chi connectivity index (χ2v) is 6.29. The van der Waals surface area contributed by atoms with E-state index in [1.54, 1.807) is 7.11 Å². The third-order valence-electron chi connectivity index (χ3n) is 4.72. The molecule has 0 aliphatic carbocycles. The van der Waals surface area contributed by atoms with Crippen molar-refractivity contribution in [1.82, 2.24) is 9.80 Å². The molecule has 1 aromatic carbocycles. The van der Waals surface area contributed by atoms with E-state index >= 15 is 0 Å². The minimum atomic E-state index is 0.656. The zero-order chi connectivity index (χ0) is 17.1. The minimum absolute atomic E-state index is 0.656. The Bertz CT molecular complexity index is 683. The molecular formula is C18H24N4O3. The molecule has 7 nitrogen and oxygen atoms in total. The summed E-state index contributed by atoms with van der Waals surface area (Å²) < 4.78 is 17.0. The molecule has 3 heterocycles. The van der Waals surface area contributed by atoms with E-state index in [-0.39, 0.29) is 0 Å². The number of hydrogen-bond donors (Lipinski definition) is 0. The number of morpholine rings is 1. The van der Waals surface area contributed by atoms with Crippen molar-refractivity contribution in [2.45, 2.75) is 6.42 Å². The average molecular weight is 344 g/mol. The van der Waals surface area contributed by atoms with Crippen LogP contribution in [0.25, 0.3) is 0 Å². The van der Waals surface area contributed by atoms with Crippen molar-refractivity contribution in [2.75, 3.05) is 59.7 Å². The highest BCUT2D eigenvalue weighted by molar-refractivity contribution is 6.12. The number of ether oxygens (including phenoxy) is 3. The van der Waals surface area contributed by atoms with Crippen LogP contribution < -0.4 is 9.47 Å². The summed E-state index contributed by atoms with van der Waals surface area (Å²) in [5.41, 5.74) is 1.82. The lowest BCUT2D eigenvalue weighted by Gasteiger charge is -2.26. The van der Waals surface area contributed by atoms with Gasteiger partial charge in [-0.05, 0) is 18.6 Å². The monoisotopic (exact) mass is 344 g/mol. The van der Waals surface area contributed by atoms with Gasteiger partial charge >= 0.3 is 0 Å². The number of amidine groups is 1. The molecule has 7 heteroatoms. The van der Waals surface area contributed by atoms with E-state index in [2.05, 4.69) is 19.8 Å². The van der Waals surface area contributed by atoms with Gasteiger partial charge in [0.05, 0.1) is 39.8 Å². The van der Waals surface area contributed by atoms with Crippen LogP contribution in [0.4, 0.5) is 5.69 Å². The van der Waals surface area contributed by atoms with Gasteiger partial charge in [0.15, 0.2) is 11.5 Å². The Balaban J connectivity index is 1.42. The van der Waals surface area contributed by atoms with Crippen molar-refractivity contribution < 1.29 is 14.2 Å². The zero-order valence-corrected chi connectivity index (χ0v) is 14.6. The summed E-state index contributed by atoms with van der Waals surface area (Å²) in [4.78, 5) is 13.6. The van der Waals surface area contributed by atoms with Crippen LogP contribution >= 0.6 is 0 Å². The Morgan fingerprint density at radius 1 is 1.20 bits per heavy atom. The maximum Gasteiger partial charge on any atom is 0.187 e. The molecule has 0 atom stereocenters. The molecule has 0 spiro atoms. The normalized spacial score (nSPS) is 19.4. The lowest BCUT2D eigenvalue weighted by molar-refractivity contribution is 0.0357. The van der Waals surface area contributed by atoms with Crippen LogP contribution in [0.3, 0.4) is 0 Å². The molecule has 0 unspecified atom stereocenters. The van der Waals surface area contributed by atoms with Gasteiger partial charge in [-0.25, -0.2) is 4.99 Å². The van der Waals surface area contributed by atoms with Crippen LogP contribution in [0.1, 0.15) is 12.0 Å². The molecule has 0 bridgehead atoms. The summed E-state index contributed by atoms with van der Waals surface area (Å²) in [5, 5.41) is 0. The Hall–Kier alpha value is -2.12. The maximum atomic E-state index is 5.99. The molecule has 4 rings (SSSR count). The standard InChI is InChI=1S/C18H24N4O3/c1-23-17-15(25-10-2-6-21-8-11-24-12-9-21)4-3-14-16(17)20-13-22-7-5-19-18(14)22/h3-4,13H,2,5-12H2,1H3. The first kappa shape index (κ1) is 16.4. The Kier molecular flexibility index (Phi) is 4.85. The van der Waals surface area contributed by atoms with Gasteiger partial charge in [-0.2, -0.15) is 0 Å². The number of benzene rings is 1. The van der Waals surface area contributed by atoms with Crippen LogP contribution in [0, 0.1) is 0 Å². The quantitative estimate of drug-likeness (QED) is 0.733. The first-order valence-electron chi connectivity index (χ1n) is 8.86. The summed E-state index contributed by atoms with van der Waals surface area (Å²) in [6.07, 6.45) is 2.81. The molecule has 0 radical (unpaired) electrons. The molecule has 3 aliphatic heterocycles. The van der Waals surface area contributed by atoms with Crippen LogP contribution in [0.5, 0.6) is 11.5 Å². The Labute approximate surface area is 147 Å². The van der Waals surface area contributed by atoms with E-state index in [4.69, 9.17) is 14.2 Å². The smallest absolute Gasteiger partial charge is 0.187 e. The second kappa shape index (κ2) is 7.41. The number of aliphatic imine (C=N–C) groups is 2. The fourth-order valence-corrected chi connectivity index (χ4v) is 3.41. The van der Waals surface area contributed by atoms with E-state index < -0.39 is 0 Å². The van der Waals surface area contributed by atoms with Crippen LogP contribution in [0.2, 0.25) is 0 Å². The molecule has 134 valence electrons. The zero-order valence-electron chi connectivity index (χ0n) is 14.6. The molecule has 0 aromatic heterocycles. The molecule has 1 fully saturated rings. The van der Waals surface area contributed by atoms with Gasteiger partial charge < -0.3 is 19.1 Å². The summed E-state index contributed by atoms with van der Waals surface area (Å²) >= 11 is 0. The lowest BCUT2D eigenvalue weighted by atomic mass is 10.1. The first-order valence-corrected chi connectivity index (χ1v) is 8.86. The van der Waals surface area contributed by atoms with E-state index in [0.29, 0.717) is 12.4 Å². The predicted molar refractivity (Wildman–Crippen MR) is 96.6 cm³/mol. The van der Waals surface area contributed by atoms with Crippen molar-refractivity contribution in [2.24, 2.45) is 9.98 Å². The number of rotatable bonds is 6. The van der Waals surface area contributed by atoms with Gasteiger partial charge in [0.2, 0.25) is 0 Å². The number of methoxy groups -OCH3 is 1. The molecule has 1 aromatic rings. The van der Waals surface area contributed by atoms with Crippen molar-refractivity contribution in [3.63, 3.8) is 0 Å². The van der Waals surface area contributed by atoms with Gasteiger partial charge in [0.25, 0.3) is 0 Å². The number of hydrogen-bond acceptors (Lipinski definition) is 7. The molecule has 0 amide bonds. The van der Waals surface area contributed by atoms with Gasteiger partial charge in [0.1, 0.15) is 11.5 Å². The van der Waals surface area contributed by atoms with Gasteiger partial charge in [-0.15, -0.1) is 0 Å². The van der Waals surface area contributed by atoms with Gasteiger partial charge in [-0.1, -0.05) is 0 Å². The van der Waals surface area contributed by atoms with Crippen LogP contribution in [-0.4, -0.2) is 81.6 Å². The molecule has 0 N–H and O–H groups in total. The second-order valence-electron chi connectivity index (χ2n) is 6.29. The van der Waals surface area contributed by atoms with E-state index in [9.17, 15) is 0 Å². The number of nitrogens with zero attached hydrogens (tertiary/aromatic N) is 4. The van der Waals surface area contributed by atoms with Crippen molar-refractivity contribution in [3.8, 4) is 11.5 Å². The number of fused-ring (bicyclic) bond motifs is 3. The fourth-order valence-electron chi connectivity index (χ4n) is 3.41. The fraction of sp³-hybridized carbons (Fsp3) is 0.556. The molecule has 1 saturated heterocycles. The largest absolute Gasteiger partial charge is 0.491 e. The average Bonchev–Trinajstić information content (AvgIpc) is 3.14. The summed E-state index contributed by atoms with van der Waals surface area (Å²) in [5.74, 6) is 2.41. The third-order valence-corrected chi connectivity index (χ3v) is 4.72. The highest BCUT2D eigenvalue weighted by Gasteiger charge is 2.27. The van der Waals surface area contributed by atoms with Crippen molar-refractivity contribution in [3.05, 3.63) is 17.7 Å². The molecular weight excluding hydrogens is 320 g/mol. The summed E-state index contributed by atoms with van der Waals surface area (Å²) in [6, 6.07) is 4.00. The van der Waals surface area contributed by atoms with Crippen LogP contribution in [0.15, 0.2) is 22.1 Å². The third kappa shape index (κ3) is 3.34. The minimum Gasteiger partial charge on any atom is -0.491 e.